The zero-order chi connectivity index (χ0) is 17.8. The molecule has 0 bridgehead atoms. The fourth-order valence-corrected chi connectivity index (χ4v) is 2.74. The summed E-state index contributed by atoms with van der Waals surface area (Å²) in [6, 6.07) is 16.5. The Morgan fingerprint density at radius 3 is 2.68 bits per heavy atom. The van der Waals surface area contributed by atoms with Crippen LogP contribution in [0.25, 0.3) is 17.4 Å². The van der Waals surface area contributed by atoms with Crippen LogP contribution in [-0.2, 0) is 4.79 Å². The Bertz CT molecular complexity index is 944. The summed E-state index contributed by atoms with van der Waals surface area (Å²) in [6.45, 7) is 1.97. The quantitative estimate of drug-likeness (QED) is 0.553. The number of benzene rings is 2. The lowest BCUT2D eigenvalue weighted by atomic mass is 10.2. The van der Waals surface area contributed by atoms with Crippen LogP contribution < -0.4 is 5.32 Å². The first kappa shape index (κ1) is 17.3. The molecule has 1 amide bonds. The molecular weight excluding hydrogens is 357 g/mol. The highest BCUT2D eigenvalue weighted by Gasteiger charge is 2.10. The molecular formula is C20H15Cl2NO2. The van der Waals surface area contributed by atoms with Crippen LogP contribution in [0.1, 0.15) is 11.3 Å². The molecule has 0 spiro atoms. The molecule has 3 nitrogen and oxygen atoms in total. The lowest BCUT2D eigenvalue weighted by Gasteiger charge is -2.02. The van der Waals surface area contributed by atoms with Crippen LogP contribution in [0.5, 0.6) is 0 Å². The fourth-order valence-electron chi connectivity index (χ4n) is 2.35. The molecule has 1 N–H and O–H groups in total. The van der Waals surface area contributed by atoms with Crippen LogP contribution in [0.3, 0.4) is 0 Å². The number of amides is 1. The third kappa shape index (κ3) is 4.32. The number of hydrogen-bond donors (Lipinski definition) is 1. The van der Waals surface area contributed by atoms with E-state index in [9.17, 15) is 4.79 Å². The van der Waals surface area contributed by atoms with Gasteiger partial charge >= 0.3 is 0 Å². The number of carbonyl (C=O) groups excluding carboxylic acids is 1. The Hall–Kier alpha value is -2.49. The molecule has 0 fully saturated rings. The first-order valence-electron chi connectivity index (χ1n) is 7.63. The molecule has 0 atom stereocenters. The molecule has 5 heteroatoms. The summed E-state index contributed by atoms with van der Waals surface area (Å²) in [5.74, 6) is 0.904. The molecule has 0 radical (unpaired) electrons. The molecule has 25 heavy (non-hydrogen) atoms. The number of halogens is 2. The summed E-state index contributed by atoms with van der Waals surface area (Å²) in [4.78, 5) is 12.0. The molecule has 0 aliphatic heterocycles. The summed E-state index contributed by atoms with van der Waals surface area (Å²) < 4.78 is 5.72. The largest absolute Gasteiger partial charge is 0.457 e. The molecule has 0 aliphatic carbocycles. The maximum absolute atomic E-state index is 12.0. The third-order valence-corrected chi connectivity index (χ3v) is 4.35. The zero-order valence-electron chi connectivity index (χ0n) is 13.4. The van der Waals surface area contributed by atoms with Gasteiger partial charge in [-0.3, -0.25) is 4.79 Å². The van der Waals surface area contributed by atoms with E-state index in [0.29, 0.717) is 27.1 Å². The van der Waals surface area contributed by atoms with Gasteiger partial charge in [0, 0.05) is 17.3 Å². The Balaban J connectivity index is 1.71. The van der Waals surface area contributed by atoms with E-state index in [1.807, 2.05) is 37.3 Å². The van der Waals surface area contributed by atoms with Crippen molar-refractivity contribution in [2.45, 2.75) is 6.92 Å². The predicted octanol–water partition coefficient (Wildman–Crippen LogP) is 6.21. The first-order chi connectivity index (χ1) is 12.0. The van der Waals surface area contributed by atoms with Gasteiger partial charge in [0.2, 0.25) is 5.91 Å². The van der Waals surface area contributed by atoms with E-state index in [-0.39, 0.29) is 5.91 Å². The maximum Gasteiger partial charge on any atom is 0.248 e. The Morgan fingerprint density at radius 2 is 1.88 bits per heavy atom. The topological polar surface area (TPSA) is 42.2 Å². The molecule has 2 aromatic carbocycles. The summed E-state index contributed by atoms with van der Waals surface area (Å²) in [5, 5.41) is 3.70. The average molecular weight is 372 g/mol. The van der Waals surface area contributed by atoms with Crippen LogP contribution in [0.2, 0.25) is 10.0 Å². The number of anilines is 1. The number of rotatable bonds is 4. The average Bonchev–Trinajstić information content (AvgIpc) is 3.04. The van der Waals surface area contributed by atoms with Gasteiger partial charge in [-0.05, 0) is 55.0 Å². The zero-order valence-corrected chi connectivity index (χ0v) is 14.9. The maximum atomic E-state index is 12.0. The van der Waals surface area contributed by atoms with Gasteiger partial charge < -0.3 is 9.73 Å². The van der Waals surface area contributed by atoms with Crippen molar-refractivity contribution in [3.8, 4) is 11.3 Å². The van der Waals surface area contributed by atoms with Crippen LogP contribution >= 0.6 is 23.2 Å². The summed E-state index contributed by atoms with van der Waals surface area (Å²) in [7, 11) is 0. The standard InChI is InChI=1S/C20H15Cl2NO2/c1-13-4-2-5-14(12-13)23-19(24)11-9-15-8-10-18(25-15)16-6-3-7-17(21)20(16)22/h2-12H,1H3,(H,23,24). The third-order valence-electron chi connectivity index (χ3n) is 3.53. The van der Waals surface area contributed by atoms with Crippen LogP contribution in [0, 0.1) is 6.92 Å². The van der Waals surface area contributed by atoms with Crippen LogP contribution in [-0.4, -0.2) is 5.91 Å². The molecule has 3 aromatic rings. The summed E-state index contributed by atoms with van der Waals surface area (Å²) in [6.07, 6.45) is 3.03. The highest BCUT2D eigenvalue weighted by atomic mass is 35.5. The van der Waals surface area contributed by atoms with Gasteiger partial charge in [-0.1, -0.05) is 41.4 Å². The molecule has 1 aromatic heterocycles. The van der Waals surface area contributed by atoms with E-state index in [4.69, 9.17) is 27.6 Å². The Labute approximate surface area is 155 Å². The van der Waals surface area contributed by atoms with Crippen molar-refractivity contribution in [1.82, 2.24) is 0 Å². The minimum absolute atomic E-state index is 0.232. The van der Waals surface area contributed by atoms with Gasteiger partial charge in [-0.15, -0.1) is 0 Å². The molecule has 0 unspecified atom stereocenters. The fraction of sp³-hybridized carbons (Fsp3) is 0.0500. The van der Waals surface area contributed by atoms with Crippen molar-refractivity contribution in [2.24, 2.45) is 0 Å². The predicted molar refractivity (Wildman–Crippen MR) is 103 cm³/mol. The van der Waals surface area contributed by atoms with E-state index in [1.54, 1.807) is 30.3 Å². The minimum Gasteiger partial charge on any atom is -0.457 e. The van der Waals surface area contributed by atoms with Crippen molar-refractivity contribution in [3.05, 3.63) is 82.0 Å². The Morgan fingerprint density at radius 1 is 1.08 bits per heavy atom. The van der Waals surface area contributed by atoms with E-state index >= 15 is 0 Å². The summed E-state index contributed by atoms with van der Waals surface area (Å²) >= 11 is 12.2. The monoisotopic (exact) mass is 371 g/mol. The van der Waals surface area contributed by atoms with Crippen LogP contribution in [0.4, 0.5) is 5.69 Å². The van der Waals surface area contributed by atoms with Gasteiger partial charge in [0.15, 0.2) is 0 Å². The highest BCUT2D eigenvalue weighted by molar-refractivity contribution is 6.43. The second kappa shape index (κ2) is 7.60. The van der Waals surface area contributed by atoms with Crippen molar-refractivity contribution in [2.75, 3.05) is 5.32 Å². The molecule has 1 heterocycles. The minimum atomic E-state index is -0.232. The molecule has 126 valence electrons. The van der Waals surface area contributed by atoms with Gasteiger partial charge in [0.05, 0.1) is 10.0 Å². The number of hydrogen-bond acceptors (Lipinski definition) is 2. The van der Waals surface area contributed by atoms with Gasteiger partial charge in [0.25, 0.3) is 0 Å². The molecule has 0 aliphatic rings. The van der Waals surface area contributed by atoms with E-state index < -0.39 is 0 Å². The lowest BCUT2D eigenvalue weighted by molar-refractivity contribution is -0.111. The van der Waals surface area contributed by atoms with Gasteiger partial charge in [-0.25, -0.2) is 0 Å². The van der Waals surface area contributed by atoms with E-state index in [2.05, 4.69) is 5.32 Å². The van der Waals surface area contributed by atoms with Crippen molar-refractivity contribution < 1.29 is 9.21 Å². The highest BCUT2D eigenvalue weighted by Crippen LogP contribution is 2.34. The summed E-state index contributed by atoms with van der Waals surface area (Å²) in [5.41, 5.74) is 2.54. The number of furan rings is 1. The second-order valence-electron chi connectivity index (χ2n) is 5.50. The molecule has 0 saturated carbocycles. The smallest absolute Gasteiger partial charge is 0.248 e. The molecule has 0 saturated heterocycles. The van der Waals surface area contributed by atoms with Gasteiger partial charge in [-0.2, -0.15) is 0 Å². The normalized spacial score (nSPS) is 11.0. The number of nitrogens with one attached hydrogen (secondary N) is 1. The second-order valence-corrected chi connectivity index (χ2v) is 6.28. The molecule has 3 rings (SSSR count). The number of carbonyl (C=O) groups is 1. The van der Waals surface area contributed by atoms with Crippen LogP contribution in [0.15, 0.2) is 65.1 Å². The van der Waals surface area contributed by atoms with E-state index in [0.717, 1.165) is 11.3 Å². The lowest BCUT2D eigenvalue weighted by Crippen LogP contribution is -2.07. The van der Waals surface area contributed by atoms with Crippen molar-refractivity contribution in [1.29, 1.82) is 0 Å². The first-order valence-corrected chi connectivity index (χ1v) is 8.38. The van der Waals surface area contributed by atoms with Crippen molar-refractivity contribution in [3.63, 3.8) is 0 Å². The van der Waals surface area contributed by atoms with E-state index in [1.165, 1.54) is 6.08 Å². The SMILES string of the molecule is Cc1cccc(NC(=O)C=Cc2ccc(-c3cccc(Cl)c3Cl)o2)c1. The van der Waals surface area contributed by atoms with Gasteiger partial charge in [0.1, 0.15) is 11.5 Å². The van der Waals surface area contributed by atoms with Crippen molar-refractivity contribution >= 4 is 40.9 Å². The Kier molecular flexibility index (Phi) is 5.27. The number of aryl methyl sites for hydroxylation is 1.